The third-order valence-corrected chi connectivity index (χ3v) is 1.71. The van der Waals surface area contributed by atoms with E-state index in [1.165, 1.54) is 0 Å². The molecule has 0 heterocycles. The van der Waals surface area contributed by atoms with Crippen molar-refractivity contribution in [3.63, 3.8) is 0 Å². The minimum absolute atomic E-state index is 0.168. The molecule has 3 amide bonds. The van der Waals surface area contributed by atoms with Gasteiger partial charge < -0.3 is 26.2 Å². The fourth-order valence-corrected chi connectivity index (χ4v) is 0.975. The van der Waals surface area contributed by atoms with Crippen molar-refractivity contribution in [3.05, 3.63) is 0 Å². The molecule has 0 rings (SSSR count). The maximum atomic E-state index is 11.2. The Hall–Kier alpha value is -2.32. The second kappa shape index (κ2) is 7.87. The number of amides is 3. The normalized spacial score (nSPS) is 11.2. The van der Waals surface area contributed by atoms with Gasteiger partial charge in [0.25, 0.3) is 0 Å². The highest BCUT2D eigenvalue weighted by atomic mass is 16.5. The van der Waals surface area contributed by atoms with Gasteiger partial charge in [-0.15, -0.1) is 0 Å². The standard InChI is InChI=1S/C9H15N3O6/c1-2-18-7(14)4-11-9(17)12-5(8(15)16)3-6(10)13/h5H,2-4H2,1H3,(H2,10,13)(H,15,16)(H2,11,12,17)/t5-/m0/s1. The summed E-state index contributed by atoms with van der Waals surface area (Å²) in [4.78, 5) is 43.3. The van der Waals surface area contributed by atoms with Crippen LogP contribution in [0.2, 0.25) is 0 Å². The van der Waals surface area contributed by atoms with Gasteiger partial charge in [0.1, 0.15) is 12.6 Å². The second-order valence-electron chi connectivity index (χ2n) is 3.19. The molecular formula is C9H15N3O6. The van der Waals surface area contributed by atoms with E-state index in [0.717, 1.165) is 0 Å². The second-order valence-corrected chi connectivity index (χ2v) is 3.19. The van der Waals surface area contributed by atoms with Gasteiger partial charge >= 0.3 is 18.0 Å². The summed E-state index contributed by atoms with van der Waals surface area (Å²) in [6.07, 6.45) is -0.540. The highest BCUT2D eigenvalue weighted by molar-refractivity contribution is 5.88. The van der Waals surface area contributed by atoms with Gasteiger partial charge in [-0.05, 0) is 6.92 Å². The van der Waals surface area contributed by atoms with Crippen LogP contribution in [-0.4, -0.2) is 48.2 Å². The molecule has 0 aliphatic carbocycles. The Morgan fingerprint density at radius 3 is 2.39 bits per heavy atom. The van der Waals surface area contributed by atoms with Gasteiger partial charge in [0.15, 0.2) is 0 Å². The first-order valence-corrected chi connectivity index (χ1v) is 5.07. The molecule has 0 fully saturated rings. The van der Waals surface area contributed by atoms with Crippen molar-refractivity contribution in [2.45, 2.75) is 19.4 Å². The molecule has 0 bridgehead atoms. The predicted octanol–water partition coefficient (Wildman–Crippen LogP) is -1.82. The molecule has 0 aliphatic heterocycles. The van der Waals surface area contributed by atoms with Crippen LogP contribution in [0, 0.1) is 0 Å². The number of hydrogen-bond donors (Lipinski definition) is 4. The lowest BCUT2D eigenvalue weighted by atomic mass is 10.2. The number of rotatable bonds is 7. The Morgan fingerprint density at radius 2 is 1.94 bits per heavy atom. The van der Waals surface area contributed by atoms with Gasteiger partial charge in [0, 0.05) is 0 Å². The first-order valence-electron chi connectivity index (χ1n) is 5.07. The summed E-state index contributed by atoms with van der Waals surface area (Å²) in [6.45, 7) is 1.37. The quantitative estimate of drug-likeness (QED) is 0.396. The number of carboxylic acid groups (broad SMARTS) is 1. The highest BCUT2D eigenvalue weighted by Crippen LogP contribution is 1.91. The molecule has 0 spiro atoms. The molecule has 5 N–H and O–H groups in total. The summed E-state index contributed by atoms with van der Waals surface area (Å²) < 4.78 is 4.54. The number of ether oxygens (including phenoxy) is 1. The fraction of sp³-hybridized carbons (Fsp3) is 0.556. The molecule has 0 aromatic carbocycles. The van der Waals surface area contributed by atoms with Crippen molar-refractivity contribution in [2.24, 2.45) is 5.73 Å². The van der Waals surface area contributed by atoms with Gasteiger partial charge in [-0.25, -0.2) is 9.59 Å². The molecule has 9 nitrogen and oxygen atoms in total. The molecule has 0 aromatic rings. The molecule has 18 heavy (non-hydrogen) atoms. The average Bonchev–Trinajstić information content (AvgIpc) is 2.25. The van der Waals surface area contributed by atoms with Crippen LogP contribution >= 0.6 is 0 Å². The van der Waals surface area contributed by atoms with Crippen molar-refractivity contribution in [3.8, 4) is 0 Å². The SMILES string of the molecule is CCOC(=O)CNC(=O)N[C@@H](CC(N)=O)C(=O)O. The Kier molecular flexibility index (Phi) is 6.86. The zero-order chi connectivity index (χ0) is 14.1. The Bertz CT molecular complexity index is 343. The highest BCUT2D eigenvalue weighted by Gasteiger charge is 2.22. The van der Waals surface area contributed by atoms with Crippen LogP contribution in [0.15, 0.2) is 0 Å². The minimum atomic E-state index is -1.44. The van der Waals surface area contributed by atoms with Gasteiger partial charge in [-0.2, -0.15) is 0 Å². The first-order chi connectivity index (χ1) is 8.36. The third-order valence-electron chi connectivity index (χ3n) is 1.71. The number of primary amides is 1. The number of aliphatic carboxylic acids is 1. The van der Waals surface area contributed by atoms with Gasteiger partial charge in [-0.1, -0.05) is 0 Å². The van der Waals surface area contributed by atoms with Crippen molar-refractivity contribution in [1.29, 1.82) is 0 Å². The van der Waals surface area contributed by atoms with Gasteiger partial charge in [-0.3, -0.25) is 9.59 Å². The van der Waals surface area contributed by atoms with Crippen LogP contribution in [0.3, 0.4) is 0 Å². The van der Waals surface area contributed by atoms with Crippen LogP contribution in [0.4, 0.5) is 4.79 Å². The lowest BCUT2D eigenvalue weighted by molar-refractivity contribution is -0.141. The van der Waals surface area contributed by atoms with E-state index in [2.05, 4.69) is 10.1 Å². The van der Waals surface area contributed by atoms with E-state index in [9.17, 15) is 19.2 Å². The molecule has 0 saturated carbocycles. The third kappa shape index (κ3) is 7.04. The van der Waals surface area contributed by atoms with Crippen LogP contribution in [0.5, 0.6) is 0 Å². The van der Waals surface area contributed by atoms with E-state index in [0.29, 0.717) is 0 Å². The number of carbonyl (C=O) groups is 4. The van der Waals surface area contributed by atoms with E-state index in [1.807, 2.05) is 5.32 Å². The predicted molar refractivity (Wildman–Crippen MR) is 58.4 cm³/mol. The molecule has 0 radical (unpaired) electrons. The van der Waals surface area contributed by atoms with Crippen LogP contribution in [0.25, 0.3) is 0 Å². The lowest BCUT2D eigenvalue weighted by Crippen LogP contribution is -2.48. The van der Waals surface area contributed by atoms with Crippen molar-refractivity contribution in [2.75, 3.05) is 13.2 Å². The summed E-state index contributed by atoms with van der Waals surface area (Å²) in [6, 6.07) is -2.35. The maximum absolute atomic E-state index is 11.2. The Balaban J connectivity index is 4.14. The zero-order valence-electron chi connectivity index (χ0n) is 9.76. The van der Waals surface area contributed by atoms with Crippen LogP contribution < -0.4 is 16.4 Å². The largest absolute Gasteiger partial charge is 0.480 e. The molecule has 0 unspecified atom stereocenters. The minimum Gasteiger partial charge on any atom is -0.480 e. The van der Waals surface area contributed by atoms with Gasteiger partial charge in [0.2, 0.25) is 5.91 Å². The number of esters is 1. The Labute approximate surface area is 103 Å². The van der Waals surface area contributed by atoms with Crippen molar-refractivity contribution >= 4 is 23.9 Å². The van der Waals surface area contributed by atoms with Crippen LogP contribution in [-0.2, 0) is 19.1 Å². The van der Waals surface area contributed by atoms with E-state index in [1.54, 1.807) is 6.92 Å². The average molecular weight is 261 g/mol. The van der Waals surface area contributed by atoms with E-state index in [4.69, 9.17) is 10.8 Å². The number of carboxylic acids is 1. The summed E-state index contributed by atoms with van der Waals surface area (Å²) >= 11 is 0. The topological polar surface area (TPSA) is 148 Å². The number of carbonyl (C=O) groups excluding carboxylic acids is 3. The molecular weight excluding hydrogens is 246 g/mol. The summed E-state index contributed by atoms with van der Waals surface area (Å²) in [7, 11) is 0. The van der Waals surface area contributed by atoms with Gasteiger partial charge in [0.05, 0.1) is 13.0 Å². The first kappa shape index (κ1) is 15.7. The molecule has 0 aromatic heterocycles. The smallest absolute Gasteiger partial charge is 0.326 e. The monoisotopic (exact) mass is 261 g/mol. The van der Waals surface area contributed by atoms with Crippen LogP contribution in [0.1, 0.15) is 13.3 Å². The zero-order valence-corrected chi connectivity index (χ0v) is 9.76. The van der Waals surface area contributed by atoms with E-state index >= 15 is 0 Å². The Morgan fingerprint density at radius 1 is 1.33 bits per heavy atom. The van der Waals surface area contributed by atoms with Crippen molar-refractivity contribution < 1.29 is 29.0 Å². The molecule has 0 aliphatic rings. The number of urea groups is 1. The molecule has 9 heteroatoms. The van der Waals surface area contributed by atoms with E-state index < -0.39 is 42.9 Å². The fourth-order valence-electron chi connectivity index (χ4n) is 0.975. The summed E-state index contributed by atoms with van der Waals surface area (Å²) in [5.41, 5.74) is 4.82. The van der Waals surface area contributed by atoms with Crippen molar-refractivity contribution in [1.82, 2.24) is 10.6 Å². The summed E-state index contributed by atoms with van der Waals surface area (Å²) in [5, 5.41) is 12.8. The van der Waals surface area contributed by atoms with E-state index in [-0.39, 0.29) is 6.61 Å². The molecule has 102 valence electrons. The molecule has 0 saturated heterocycles. The number of nitrogens with two attached hydrogens (primary N) is 1. The summed E-state index contributed by atoms with van der Waals surface area (Å²) in [5.74, 6) is -2.93. The lowest BCUT2D eigenvalue weighted by Gasteiger charge is -2.13. The number of nitrogens with one attached hydrogen (secondary N) is 2. The molecule has 1 atom stereocenters. The number of hydrogen-bond acceptors (Lipinski definition) is 5. The maximum Gasteiger partial charge on any atom is 0.326 e.